The van der Waals surface area contributed by atoms with Crippen molar-refractivity contribution in [2.24, 2.45) is 23.4 Å². The first-order valence-electron chi connectivity index (χ1n) is 22.1. The number of aliphatic carboxylic acids is 1. The molecule has 0 radical (unpaired) electrons. The van der Waals surface area contributed by atoms with Crippen LogP contribution in [0.3, 0.4) is 0 Å². The van der Waals surface area contributed by atoms with Crippen LogP contribution in [0.25, 0.3) is 0 Å². The van der Waals surface area contributed by atoms with Gasteiger partial charge in [-0.2, -0.15) is 0 Å². The first-order chi connectivity index (χ1) is 30.0. The number of carboxylic acids is 1. The van der Waals surface area contributed by atoms with Gasteiger partial charge in [0.15, 0.2) is 0 Å². The van der Waals surface area contributed by atoms with Crippen molar-refractivity contribution in [2.75, 3.05) is 32.8 Å². The van der Waals surface area contributed by atoms with Crippen LogP contribution < -0.4 is 32.8 Å². The van der Waals surface area contributed by atoms with Gasteiger partial charge in [-0.3, -0.25) is 19.2 Å². The zero-order valence-electron chi connectivity index (χ0n) is 36.3. The fourth-order valence-corrected chi connectivity index (χ4v) is 8.96. The molecule has 63 heavy (non-hydrogen) atoms. The summed E-state index contributed by atoms with van der Waals surface area (Å²) in [7, 11) is 0. The standard InChI is InChI=1S/C43H67N7O13/c1-24-16-28(17-25(2)38(24)56)41(58)47-20-32(52)39(57)40-37(49-36(55)23-50(45)22-29(44)27-8-4-3-5-9-27)31(51)19-43(63-40,42(59)60)62-33-11-7-6-10-30(33)48-35(54)21-46-34(53)18-26-12-14-61-15-13-26/h16-17,22,26-27,30-33,37,39-40,51-52,56-57H,3-15,18-21,23,44-45H2,1-2H3,(H,46,53)(H,47,58)(H,48,54)(H,49,55)(H,59,60)/b29-22-/t30?,31-,32+,33?,37+,39+,40?,43+/m0/s1. The number of ether oxygens (including phenoxy) is 3. The maximum atomic E-state index is 13.5. The van der Waals surface area contributed by atoms with Crippen molar-refractivity contribution in [1.82, 2.24) is 26.3 Å². The molecule has 20 heteroatoms. The number of carbonyl (C=O) groups excluding carboxylic acids is 4. The predicted octanol–water partition coefficient (Wildman–Crippen LogP) is -0.191. The molecule has 1 aromatic carbocycles. The van der Waals surface area contributed by atoms with E-state index in [0.717, 1.165) is 50.0 Å². The Kier molecular flexibility index (Phi) is 17.9. The van der Waals surface area contributed by atoms with Crippen LogP contribution in [-0.2, 0) is 33.4 Å². The van der Waals surface area contributed by atoms with E-state index in [1.165, 1.54) is 18.3 Å². The molecule has 0 aromatic heterocycles. The molecule has 1 aromatic rings. The molecule has 352 valence electrons. The van der Waals surface area contributed by atoms with E-state index >= 15 is 0 Å². The number of rotatable bonds is 18. The number of hydrazine groups is 1. The lowest BCUT2D eigenvalue weighted by atomic mass is 9.87. The Morgan fingerprint density at radius 1 is 0.921 bits per heavy atom. The normalized spacial score (nSPS) is 27.1. The van der Waals surface area contributed by atoms with Crippen molar-refractivity contribution >= 4 is 29.6 Å². The lowest BCUT2D eigenvalue weighted by molar-refractivity contribution is -0.325. The third kappa shape index (κ3) is 13.7. The van der Waals surface area contributed by atoms with Crippen molar-refractivity contribution in [3.8, 4) is 5.75 Å². The average molecular weight is 890 g/mol. The monoisotopic (exact) mass is 889 g/mol. The van der Waals surface area contributed by atoms with Gasteiger partial charge in [-0.15, -0.1) is 0 Å². The quantitative estimate of drug-likeness (QED) is 0.0672. The molecule has 20 nitrogen and oxygen atoms in total. The molecule has 4 amide bonds. The van der Waals surface area contributed by atoms with Crippen LogP contribution in [0, 0.1) is 25.7 Å². The van der Waals surface area contributed by atoms with Crippen LogP contribution in [0.2, 0.25) is 0 Å². The largest absolute Gasteiger partial charge is 0.507 e. The van der Waals surface area contributed by atoms with Gasteiger partial charge in [0.2, 0.25) is 17.7 Å². The van der Waals surface area contributed by atoms with Crippen molar-refractivity contribution < 1.29 is 63.7 Å². The van der Waals surface area contributed by atoms with Gasteiger partial charge in [0.05, 0.1) is 36.9 Å². The van der Waals surface area contributed by atoms with Gasteiger partial charge < -0.3 is 71.8 Å². The number of nitrogens with zero attached hydrogens (tertiary/aromatic N) is 1. The van der Waals surface area contributed by atoms with Crippen LogP contribution in [0.15, 0.2) is 24.0 Å². The number of carboxylic acid groups (broad SMARTS) is 1. The minimum atomic E-state index is -2.66. The van der Waals surface area contributed by atoms with Gasteiger partial charge in [0.25, 0.3) is 11.7 Å². The SMILES string of the molecule is Cc1cc(C(=O)NC[C@@H](O)[C@@H](O)C2O[C@@](OC3CCCCC3NC(=O)CNC(=O)CC3CCOCC3)(C(=O)O)C[C@H](O)[C@H]2NC(=O)CN(N)/C=C(\N)C2CCCCC2)cc(C)c1O. The fourth-order valence-electron chi connectivity index (χ4n) is 8.96. The summed E-state index contributed by atoms with van der Waals surface area (Å²) in [4.78, 5) is 65.4. The maximum absolute atomic E-state index is 13.5. The summed E-state index contributed by atoms with van der Waals surface area (Å²) in [5.41, 5.74) is 7.84. The second-order valence-corrected chi connectivity index (χ2v) is 17.5. The summed E-state index contributed by atoms with van der Waals surface area (Å²) in [6, 6.07) is 0.620. The highest BCUT2D eigenvalue weighted by molar-refractivity contribution is 5.95. The first kappa shape index (κ1) is 49.4. The minimum Gasteiger partial charge on any atom is -0.507 e. The summed E-state index contributed by atoms with van der Waals surface area (Å²) in [5.74, 6) is -0.122. The minimum absolute atomic E-state index is 0.0146. The number of nitrogens with one attached hydrogen (secondary N) is 4. The number of aryl methyl sites for hydroxylation is 2. The highest BCUT2D eigenvalue weighted by atomic mass is 16.7. The average Bonchev–Trinajstić information content (AvgIpc) is 3.25. The van der Waals surface area contributed by atoms with E-state index in [1.54, 1.807) is 13.8 Å². The Morgan fingerprint density at radius 2 is 1.57 bits per heavy atom. The summed E-state index contributed by atoms with van der Waals surface area (Å²) < 4.78 is 17.7. The molecule has 3 unspecified atom stereocenters. The highest BCUT2D eigenvalue weighted by Crippen LogP contribution is 2.37. The van der Waals surface area contributed by atoms with Gasteiger partial charge in [0, 0.05) is 50.1 Å². The van der Waals surface area contributed by atoms with Crippen molar-refractivity contribution in [3.05, 3.63) is 40.7 Å². The van der Waals surface area contributed by atoms with Crippen LogP contribution in [0.4, 0.5) is 0 Å². The predicted molar refractivity (Wildman–Crippen MR) is 226 cm³/mol. The summed E-state index contributed by atoms with van der Waals surface area (Å²) in [6.45, 7) is 3.03. The zero-order valence-corrected chi connectivity index (χ0v) is 36.3. The maximum Gasteiger partial charge on any atom is 0.364 e. The molecular weight excluding hydrogens is 823 g/mol. The van der Waals surface area contributed by atoms with E-state index in [9.17, 15) is 49.5 Å². The molecule has 0 bridgehead atoms. The van der Waals surface area contributed by atoms with Gasteiger partial charge in [-0.05, 0) is 87.5 Å². The summed E-state index contributed by atoms with van der Waals surface area (Å²) in [5, 5.41) is 67.1. The van der Waals surface area contributed by atoms with Crippen LogP contribution in [-0.4, -0.2) is 141 Å². The number of hydrogen-bond donors (Lipinski definition) is 11. The number of aliphatic hydroxyl groups is 3. The summed E-state index contributed by atoms with van der Waals surface area (Å²) >= 11 is 0. The van der Waals surface area contributed by atoms with Gasteiger partial charge in [-0.1, -0.05) is 32.1 Å². The number of phenolic OH excluding ortho intramolecular Hbond substituents is 1. The molecule has 2 aliphatic carbocycles. The number of phenols is 1. The van der Waals surface area contributed by atoms with Gasteiger partial charge in [0.1, 0.15) is 24.5 Å². The second kappa shape index (κ2) is 22.9. The topological polar surface area (TPSA) is 318 Å². The molecular formula is C43H67N7O13. The highest BCUT2D eigenvalue weighted by Gasteiger charge is 2.57. The van der Waals surface area contributed by atoms with Crippen molar-refractivity contribution in [1.29, 1.82) is 0 Å². The van der Waals surface area contributed by atoms with Crippen molar-refractivity contribution in [2.45, 2.75) is 146 Å². The molecule has 8 atom stereocenters. The Labute approximate surface area is 367 Å². The molecule has 13 N–H and O–H groups in total. The zero-order chi connectivity index (χ0) is 45.8. The number of amides is 4. The molecule has 2 aliphatic heterocycles. The third-order valence-corrected chi connectivity index (χ3v) is 12.6. The van der Waals surface area contributed by atoms with Crippen LogP contribution in [0.1, 0.15) is 105 Å². The van der Waals surface area contributed by atoms with E-state index < -0.39 is 91.6 Å². The number of aliphatic hydroxyl groups excluding tert-OH is 3. The van der Waals surface area contributed by atoms with E-state index in [4.69, 9.17) is 25.8 Å². The lowest BCUT2D eigenvalue weighted by Gasteiger charge is -2.48. The van der Waals surface area contributed by atoms with E-state index in [2.05, 4.69) is 21.3 Å². The molecule has 5 rings (SSSR count). The Bertz CT molecular complexity index is 1770. The molecule has 2 saturated heterocycles. The second-order valence-electron chi connectivity index (χ2n) is 17.5. The number of hydrogen-bond acceptors (Lipinski definition) is 15. The number of allylic oxidation sites excluding steroid dienone is 1. The molecule has 0 spiro atoms. The number of benzene rings is 1. The van der Waals surface area contributed by atoms with Crippen LogP contribution >= 0.6 is 0 Å². The van der Waals surface area contributed by atoms with Crippen LogP contribution in [0.5, 0.6) is 5.75 Å². The summed E-state index contributed by atoms with van der Waals surface area (Å²) in [6.07, 6.45) is 0.885. The molecule has 2 heterocycles. The smallest absolute Gasteiger partial charge is 0.364 e. The lowest BCUT2D eigenvalue weighted by Crippen LogP contribution is -2.69. The van der Waals surface area contributed by atoms with Crippen molar-refractivity contribution in [3.63, 3.8) is 0 Å². The van der Waals surface area contributed by atoms with E-state index in [1.807, 2.05) is 0 Å². The fraction of sp³-hybridized carbons (Fsp3) is 0.698. The number of aromatic hydroxyl groups is 1. The van der Waals surface area contributed by atoms with E-state index in [0.29, 0.717) is 49.3 Å². The first-order valence-corrected chi connectivity index (χ1v) is 22.1. The Hall–Kier alpha value is -4.57. The molecule has 4 fully saturated rings. The Morgan fingerprint density at radius 3 is 2.24 bits per heavy atom. The van der Waals surface area contributed by atoms with E-state index in [-0.39, 0.29) is 48.4 Å². The Balaban J connectivity index is 1.31. The molecule has 4 aliphatic rings. The third-order valence-electron chi connectivity index (χ3n) is 12.6. The van der Waals surface area contributed by atoms with Gasteiger partial charge in [-0.25, -0.2) is 10.6 Å². The number of carbonyl (C=O) groups is 5. The van der Waals surface area contributed by atoms with Gasteiger partial charge >= 0.3 is 5.97 Å². The number of nitrogens with two attached hydrogens (primary N) is 2. The molecule has 2 saturated carbocycles.